The van der Waals surface area contributed by atoms with Gasteiger partial charge in [-0.2, -0.15) is 0 Å². The third-order valence-electron chi connectivity index (χ3n) is 13.6. The first-order valence-corrected chi connectivity index (χ1v) is 19.3. The number of urea groups is 1. The summed E-state index contributed by atoms with van der Waals surface area (Å²) in [6, 6.07) is -4.54. The van der Waals surface area contributed by atoms with Crippen molar-refractivity contribution in [3.8, 4) is 0 Å². The minimum Gasteiger partial charge on any atom is -0.372 e. The Hall–Kier alpha value is -3.22. The van der Waals surface area contributed by atoms with E-state index in [1.807, 2.05) is 55.4 Å². The molecule has 0 aromatic rings. The maximum atomic E-state index is 14.9. The average Bonchev–Trinajstić information content (AvgIpc) is 3.20. The number of fused-ring (bicyclic) bond motifs is 1. The Morgan fingerprint density at radius 2 is 1.38 bits per heavy atom. The summed E-state index contributed by atoms with van der Waals surface area (Å²) in [6.07, 6.45) is 6.76. The van der Waals surface area contributed by atoms with Crippen molar-refractivity contribution in [2.45, 2.75) is 150 Å². The number of rotatable bonds is 10. The number of likely N-dealkylation sites (tertiary alicyclic amines) is 1. The molecule has 0 aromatic carbocycles. The van der Waals surface area contributed by atoms with E-state index in [2.05, 4.69) is 29.8 Å². The van der Waals surface area contributed by atoms with E-state index in [4.69, 9.17) is 10.5 Å². The minimum absolute atomic E-state index is 0.0122. The molecule has 13 nitrogen and oxygen atoms in total. The first-order valence-electron chi connectivity index (χ1n) is 19.3. The van der Waals surface area contributed by atoms with Crippen molar-refractivity contribution >= 4 is 35.4 Å². The molecular formula is C39H64N6O7. The smallest absolute Gasteiger partial charge is 0.316 e. The second kappa shape index (κ2) is 13.6. The number of nitrogens with zero attached hydrogens (tertiary/aromatic N) is 2. The van der Waals surface area contributed by atoms with E-state index in [0.717, 1.165) is 38.5 Å². The molecule has 5 N–H and O–H groups in total. The highest BCUT2D eigenvalue weighted by molar-refractivity contribution is 6.37. The number of ketones is 1. The Kier molecular flexibility index (Phi) is 10.4. The number of morpholine rings is 1. The molecule has 0 aromatic heterocycles. The zero-order valence-corrected chi connectivity index (χ0v) is 33.2. The van der Waals surface area contributed by atoms with Gasteiger partial charge in [0.15, 0.2) is 0 Å². The molecule has 5 rings (SSSR count). The van der Waals surface area contributed by atoms with Crippen LogP contribution in [0.3, 0.4) is 0 Å². The molecule has 292 valence electrons. The fourth-order valence-corrected chi connectivity index (χ4v) is 9.95. The predicted molar refractivity (Wildman–Crippen MR) is 195 cm³/mol. The van der Waals surface area contributed by atoms with Crippen LogP contribution in [0.25, 0.3) is 0 Å². The highest BCUT2D eigenvalue weighted by atomic mass is 16.5. The number of nitrogens with two attached hydrogens (primary N) is 1. The van der Waals surface area contributed by atoms with Crippen LogP contribution in [0.4, 0.5) is 4.79 Å². The van der Waals surface area contributed by atoms with Gasteiger partial charge >= 0.3 is 6.03 Å². The highest BCUT2D eigenvalue weighted by Crippen LogP contribution is 2.88. The Balaban J connectivity index is 1.39. The maximum Gasteiger partial charge on any atom is 0.316 e. The lowest BCUT2D eigenvalue weighted by Crippen LogP contribution is -2.63. The molecule has 2 unspecified atom stereocenters. The van der Waals surface area contributed by atoms with Gasteiger partial charge in [0.25, 0.3) is 5.91 Å². The van der Waals surface area contributed by atoms with Crippen LogP contribution in [-0.4, -0.2) is 101 Å². The van der Waals surface area contributed by atoms with Gasteiger partial charge in [-0.05, 0) is 67.1 Å². The summed E-state index contributed by atoms with van der Waals surface area (Å²) in [7, 11) is 0. The summed E-state index contributed by atoms with van der Waals surface area (Å²) in [5.74, 6) is -2.81. The van der Waals surface area contributed by atoms with Crippen LogP contribution in [0.5, 0.6) is 0 Å². The van der Waals surface area contributed by atoms with Crippen LogP contribution >= 0.6 is 0 Å². The van der Waals surface area contributed by atoms with E-state index < -0.39 is 70.1 Å². The van der Waals surface area contributed by atoms with Crippen molar-refractivity contribution in [2.24, 2.45) is 38.7 Å². The number of ether oxygens (including phenoxy) is 1. The standard InChI is InChI=1S/C39H64N6O7/c1-34(2,3)27(31(49)44-17-18-52-36(7,8)21-44)42-33(51)43-28(35(4,5)6)32(50)45-22-39(37(9,10)38(39)15-12-16-38)20-25(45)30(48)41-24(26(46)29(40)47)19-23-13-11-14-23/h23-25,27-28H,11-22H2,1-10H3,(H2,40,47)(H,41,48)(H2,42,43,51)/t24?,25-,27+,28+,39?/m0/s1. The summed E-state index contributed by atoms with van der Waals surface area (Å²) >= 11 is 0. The lowest BCUT2D eigenvalue weighted by atomic mass is 9.73. The number of nitrogens with one attached hydrogen (secondary N) is 3. The molecule has 3 saturated carbocycles. The topological polar surface area (TPSA) is 180 Å². The van der Waals surface area contributed by atoms with E-state index in [1.165, 1.54) is 0 Å². The summed E-state index contributed by atoms with van der Waals surface area (Å²) in [5.41, 5.74) is 3.08. The van der Waals surface area contributed by atoms with Gasteiger partial charge in [-0.25, -0.2) is 4.79 Å². The zero-order valence-electron chi connectivity index (χ0n) is 33.2. The minimum atomic E-state index is -1.09. The first-order chi connectivity index (χ1) is 23.9. The number of hydrogen-bond acceptors (Lipinski definition) is 7. The number of amides is 6. The molecule has 13 heteroatoms. The number of Topliss-reactive ketones (excluding diaryl/α,β-unsaturated/α-hetero) is 1. The van der Waals surface area contributed by atoms with Crippen LogP contribution in [0, 0.1) is 33.0 Å². The molecule has 52 heavy (non-hydrogen) atoms. The van der Waals surface area contributed by atoms with Crippen molar-refractivity contribution < 1.29 is 33.5 Å². The monoisotopic (exact) mass is 728 g/mol. The van der Waals surface area contributed by atoms with Crippen LogP contribution in [0.1, 0.15) is 121 Å². The summed E-state index contributed by atoms with van der Waals surface area (Å²) in [6.45, 7) is 21.0. The molecule has 5 atom stereocenters. The van der Waals surface area contributed by atoms with Gasteiger partial charge in [0.2, 0.25) is 23.5 Å². The number of carbonyl (C=O) groups is 6. The Morgan fingerprint density at radius 1 is 0.808 bits per heavy atom. The molecule has 6 amide bonds. The molecule has 2 spiro atoms. The second-order valence-electron chi connectivity index (χ2n) is 19.7. The number of carbonyl (C=O) groups excluding carboxylic acids is 6. The fraction of sp³-hybridized carbons (Fsp3) is 0.846. The van der Waals surface area contributed by atoms with Gasteiger partial charge in [-0.15, -0.1) is 0 Å². The average molecular weight is 729 g/mol. The van der Waals surface area contributed by atoms with Crippen LogP contribution < -0.4 is 21.7 Å². The van der Waals surface area contributed by atoms with Gasteiger partial charge in [0.05, 0.1) is 18.2 Å². The molecule has 2 aliphatic heterocycles. The maximum absolute atomic E-state index is 14.9. The van der Waals surface area contributed by atoms with E-state index in [9.17, 15) is 28.8 Å². The van der Waals surface area contributed by atoms with Crippen molar-refractivity contribution in [1.29, 1.82) is 0 Å². The third-order valence-corrected chi connectivity index (χ3v) is 13.6. The number of primary amides is 1. The van der Waals surface area contributed by atoms with Gasteiger partial charge < -0.3 is 36.2 Å². The van der Waals surface area contributed by atoms with E-state index >= 15 is 0 Å². The Bertz CT molecular complexity index is 1470. The molecular weight excluding hydrogens is 664 g/mol. The van der Waals surface area contributed by atoms with Crippen molar-refractivity contribution in [1.82, 2.24) is 25.8 Å². The highest BCUT2D eigenvalue weighted by Gasteiger charge is 2.85. The van der Waals surface area contributed by atoms with Crippen molar-refractivity contribution in [3.05, 3.63) is 0 Å². The van der Waals surface area contributed by atoms with Gasteiger partial charge in [-0.3, -0.25) is 24.0 Å². The van der Waals surface area contributed by atoms with Gasteiger partial charge in [-0.1, -0.05) is 81.1 Å². The summed E-state index contributed by atoms with van der Waals surface area (Å²) in [4.78, 5) is 85.2. The first kappa shape index (κ1) is 40.0. The molecule has 5 aliphatic rings. The van der Waals surface area contributed by atoms with E-state index in [0.29, 0.717) is 39.1 Å². The van der Waals surface area contributed by atoms with Crippen LogP contribution in [-0.2, 0) is 28.7 Å². The fourth-order valence-electron chi connectivity index (χ4n) is 9.95. The summed E-state index contributed by atoms with van der Waals surface area (Å²) < 4.78 is 5.80. The Morgan fingerprint density at radius 3 is 1.83 bits per heavy atom. The second-order valence-corrected chi connectivity index (χ2v) is 19.7. The quantitative estimate of drug-likeness (QED) is 0.249. The molecule has 2 saturated heterocycles. The molecule has 5 fully saturated rings. The predicted octanol–water partition coefficient (Wildman–Crippen LogP) is 3.28. The van der Waals surface area contributed by atoms with Gasteiger partial charge in [0, 0.05) is 25.0 Å². The SMILES string of the molecule is CC1(C)CN(C(=O)[C@@H](NC(=O)N[C@H](C(=O)N2CC3(C[C@H]2C(=O)NC(CC2CCC2)C(=O)C(N)=O)C(C)(C)C32CCC2)C(C)(C)C)C(C)(C)C)CCO1. The number of hydrogen-bond donors (Lipinski definition) is 4. The van der Waals surface area contributed by atoms with Gasteiger partial charge in [0.1, 0.15) is 18.1 Å². The Labute approximate surface area is 309 Å². The molecule has 3 aliphatic carbocycles. The van der Waals surface area contributed by atoms with E-state index in [-0.39, 0.29) is 28.1 Å². The molecule has 0 bridgehead atoms. The van der Waals surface area contributed by atoms with Crippen molar-refractivity contribution in [2.75, 3.05) is 26.2 Å². The largest absolute Gasteiger partial charge is 0.372 e. The van der Waals surface area contributed by atoms with Crippen molar-refractivity contribution in [3.63, 3.8) is 0 Å². The normalized spacial score (nSPS) is 27.8. The molecule has 2 heterocycles. The lowest BCUT2D eigenvalue weighted by molar-refractivity contribution is -0.150. The van der Waals surface area contributed by atoms with Crippen LogP contribution in [0.2, 0.25) is 0 Å². The van der Waals surface area contributed by atoms with E-state index in [1.54, 1.807) is 9.80 Å². The lowest BCUT2D eigenvalue weighted by Gasteiger charge is -2.42. The third kappa shape index (κ3) is 7.07. The summed E-state index contributed by atoms with van der Waals surface area (Å²) in [5, 5.41) is 8.68. The van der Waals surface area contributed by atoms with Crippen LogP contribution in [0.15, 0.2) is 0 Å². The zero-order chi connectivity index (χ0) is 38.8. The molecule has 0 radical (unpaired) electrons.